The number of allylic oxidation sites excluding steroid dienone is 2. The van der Waals surface area contributed by atoms with Gasteiger partial charge in [0.15, 0.2) is 0 Å². The molecule has 0 aromatic rings. The largest absolute Gasteiger partial charge is 0.383 e. The van der Waals surface area contributed by atoms with E-state index >= 15 is 0 Å². The summed E-state index contributed by atoms with van der Waals surface area (Å²) in [4.78, 5) is 2.42. The SMILES string of the molecule is CC.CN1CCC2(CC1)CNC1=C2C=C=C=C1. The summed E-state index contributed by atoms with van der Waals surface area (Å²) in [5.74, 6) is 0. The number of hydrogen-bond acceptors (Lipinski definition) is 2. The molecule has 2 heterocycles. The maximum Gasteiger partial charge on any atom is 0.0470 e. The first-order valence-electron chi connectivity index (χ1n) is 6.65. The van der Waals surface area contributed by atoms with Crippen molar-refractivity contribution in [2.45, 2.75) is 26.7 Å². The average molecular weight is 230 g/mol. The smallest absolute Gasteiger partial charge is 0.0470 e. The monoisotopic (exact) mass is 230 g/mol. The number of hydrogen-bond donors (Lipinski definition) is 1. The third kappa shape index (κ3) is 2.12. The summed E-state index contributed by atoms with van der Waals surface area (Å²) in [7, 11) is 2.21. The van der Waals surface area contributed by atoms with E-state index in [-0.39, 0.29) is 0 Å². The Morgan fingerprint density at radius 3 is 2.53 bits per heavy atom. The fraction of sp³-hybridized carbons (Fsp3) is 0.600. The normalized spacial score (nSPS) is 24.4. The van der Waals surface area contributed by atoms with Gasteiger partial charge in [-0.05, 0) is 44.6 Å². The van der Waals surface area contributed by atoms with Gasteiger partial charge in [0.25, 0.3) is 0 Å². The van der Waals surface area contributed by atoms with Gasteiger partial charge in [0.2, 0.25) is 0 Å². The maximum absolute atomic E-state index is 3.51. The van der Waals surface area contributed by atoms with E-state index in [0.717, 1.165) is 6.54 Å². The summed E-state index contributed by atoms with van der Waals surface area (Å²) in [5, 5.41) is 3.51. The minimum absolute atomic E-state index is 0.382. The first-order chi connectivity index (χ1) is 8.30. The van der Waals surface area contributed by atoms with E-state index < -0.39 is 0 Å². The van der Waals surface area contributed by atoms with Crippen molar-refractivity contribution in [3.05, 3.63) is 34.9 Å². The molecule has 2 aliphatic heterocycles. The van der Waals surface area contributed by atoms with Crippen LogP contribution in [-0.2, 0) is 0 Å². The molecule has 3 rings (SSSR count). The average Bonchev–Trinajstić information content (AvgIpc) is 2.76. The van der Waals surface area contributed by atoms with Crippen LogP contribution in [0.1, 0.15) is 26.7 Å². The molecule has 1 aliphatic carbocycles. The van der Waals surface area contributed by atoms with Crippen molar-refractivity contribution in [3.63, 3.8) is 0 Å². The van der Waals surface area contributed by atoms with Crippen LogP contribution in [0.3, 0.4) is 0 Å². The molecule has 0 amide bonds. The lowest BCUT2D eigenvalue weighted by Gasteiger charge is -2.38. The molecule has 1 spiro atoms. The highest BCUT2D eigenvalue weighted by molar-refractivity contribution is 5.44. The number of nitrogens with zero attached hydrogens (tertiary/aromatic N) is 1. The van der Waals surface area contributed by atoms with Crippen LogP contribution in [0.25, 0.3) is 0 Å². The Kier molecular flexibility index (Phi) is 3.59. The highest BCUT2D eigenvalue weighted by atomic mass is 15.1. The molecule has 17 heavy (non-hydrogen) atoms. The van der Waals surface area contributed by atoms with Crippen molar-refractivity contribution >= 4 is 0 Å². The van der Waals surface area contributed by atoms with Crippen molar-refractivity contribution in [1.82, 2.24) is 10.2 Å². The maximum atomic E-state index is 3.51. The van der Waals surface area contributed by atoms with Gasteiger partial charge in [-0.15, -0.1) is 0 Å². The van der Waals surface area contributed by atoms with Gasteiger partial charge in [-0.25, -0.2) is 0 Å². The Hall–Kier alpha value is -1.20. The van der Waals surface area contributed by atoms with Crippen LogP contribution >= 0.6 is 0 Å². The molecule has 0 saturated carbocycles. The molecule has 2 nitrogen and oxygen atoms in total. The molecule has 1 saturated heterocycles. The van der Waals surface area contributed by atoms with Gasteiger partial charge in [-0.1, -0.05) is 25.3 Å². The van der Waals surface area contributed by atoms with E-state index in [9.17, 15) is 0 Å². The summed E-state index contributed by atoms with van der Waals surface area (Å²) in [6.07, 6.45) is 6.69. The molecule has 92 valence electrons. The summed E-state index contributed by atoms with van der Waals surface area (Å²) < 4.78 is 0. The zero-order valence-corrected chi connectivity index (χ0v) is 11.1. The molecule has 1 N–H and O–H groups in total. The second-order valence-electron chi connectivity index (χ2n) is 4.84. The van der Waals surface area contributed by atoms with Crippen LogP contribution in [-0.4, -0.2) is 31.6 Å². The zero-order chi connectivity index (χ0) is 12.3. The van der Waals surface area contributed by atoms with Crippen molar-refractivity contribution < 1.29 is 0 Å². The predicted octanol–water partition coefficient (Wildman–Crippen LogP) is 2.46. The first-order valence-corrected chi connectivity index (χ1v) is 6.65. The second-order valence-corrected chi connectivity index (χ2v) is 4.84. The highest BCUT2D eigenvalue weighted by Gasteiger charge is 2.41. The van der Waals surface area contributed by atoms with E-state index in [1.807, 2.05) is 19.9 Å². The van der Waals surface area contributed by atoms with E-state index in [2.05, 4.69) is 34.8 Å². The lowest BCUT2D eigenvalue weighted by atomic mass is 9.73. The molecule has 2 heteroatoms. The van der Waals surface area contributed by atoms with E-state index in [1.54, 1.807) is 0 Å². The quantitative estimate of drug-likeness (QED) is 0.643. The summed E-state index contributed by atoms with van der Waals surface area (Å²) in [5.41, 5.74) is 9.25. The molecule has 0 aromatic carbocycles. The number of likely N-dealkylation sites (tertiary alicyclic amines) is 1. The van der Waals surface area contributed by atoms with Gasteiger partial charge in [0.05, 0.1) is 0 Å². The van der Waals surface area contributed by atoms with Gasteiger partial charge in [-0.2, -0.15) is 0 Å². The van der Waals surface area contributed by atoms with Crippen molar-refractivity contribution in [2.75, 3.05) is 26.7 Å². The number of piperidine rings is 1. The van der Waals surface area contributed by atoms with E-state index in [0.29, 0.717) is 5.41 Å². The predicted molar refractivity (Wildman–Crippen MR) is 71.7 cm³/mol. The van der Waals surface area contributed by atoms with Crippen LogP contribution in [0, 0.1) is 5.41 Å². The molecular formula is C15H22N2. The third-order valence-electron chi connectivity index (χ3n) is 3.94. The van der Waals surface area contributed by atoms with Crippen LogP contribution < -0.4 is 5.32 Å². The lowest BCUT2D eigenvalue weighted by molar-refractivity contribution is 0.167. The summed E-state index contributed by atoms with van der Waals surface area (Å²) in [6.45, 7) is 7.52. The first kappa shape index (κ1) is 12.3. The zero-order valence-electron chi connectivity index (χ0n) is 11.1. The fourth-order valence-corrected chi connectivity index (χ4v) is 2.82. The number of rotatable bonds is 0. The van der Waals surface area contributed by atoms with Crippen molar-refractivity contribution in [3.8, 4) is 0 Å². The number of nitrogens with one attached hydrogen (secondary N) is 1. The van der Waals surface area contributed by atoms with E-state index in [4.69, 9.17) is 0 Å². The molecule has 0 aromatic heterocycles. The molecule has 0 bridgehead atoms. The summed E-state index contributed by atoms with van der Waals surface area (Å²) in [6, 6.07) is 0. The Balaban J connectivity index is 0.000000514. The topological polar surface area (TPSA) is 15.3 Å². The summed E-state index contributed by atoms with van der Waals surface area (Å²) >= 11 is 0. The Labute approximate surface area is 104 Å². The van der Waals surface area contributed by atoms with Crippen molar-refractivity contribution in [2.24, 2.45) is 5.41 Å². The third-order valence-corrected chi connectivity index (χ3v) is 3.94. The molecule has 3 aliphatic rings. The molecule has 0 atom stereocenters. The molecule has 1 fully saturated rings. The second kappa shape index (κ2) is 4.98. The van der Waals surface area contributed by atoms with Gasteiger partial charge in [0, 0.05) is 23.7 Å². The standard InChI is InChI=1S/C13H16N2.C2H6/c1-15-8-6-13(7-9-15)10-14-12-5-3-2-4-11(12)13;1-2/h4-5,14H,6-10H2,1H3;1-2H3. The van der Waals surface area contributed by atoms with Crippen LogP contribution in [0.15, 0.2) is 34.9 Å². The van der Waals surface area contributed by atoms with Gasteiger partial charge >= 0.3 is 0 Å². The minimum Gasteiger partial charge on any atom is -0.383 e. The fourth-order valence-electron chi connectivity index (χ4n) is 2.82. The van der Waals surface area contributed by atoms with Crippen molar-refractivity contribution in [1.29, 1.82) is 0 Å². The van der Waals surface area contributed by atoms with Crippen LogP contribution in [0.5, 0.6) is 0 Å². The minimum atomic E-state index is 0.382. The Morgan fingerprint density at radius 1 is 1.18 bits per heavy atom. The molecular weight excluding hydrogens is 208 g/mol. The highest BCUT2D eigenvalue weighted by Crippen LogP contribution is 2.43. The Bertz CT molecular complexity index is 410. The van der Waals surface area contributed by atoms with Gasteiger partial charge in [0.1, 0.15) is 0 Å². The lowest BCUT2D eigenvalue weighted by Crippen LogP contribution is -2.40. The number of fused-ring (bicyclic) bond motifs is 1. The van der Waals surface area contributed by atoms with E-state index in [1.165, 1.54) is 37.2 Å². The van der Waals surface area contributed by atoms with Crippen LogP contribution in [0.4, 0.5) is 0 Å². The molecule has 0 unspecified atom stereocenters. The van der Waals surface area contributed by atoms with Gasteiger partial charge in [-0.3, -0.25) is 0 Å². The van der Waals surface area contributed by atoms with Crippen LogP contribution in [0.2, 0.25) is 0 Å². The van der Waals surface area contributed by atoms with Gasteiger partial charge < -0.3 is 10.2 Å². The Morgan fingerprint density at radius 2 is 1.82 bits per heavy atom. The molecule has 0 radical (unpaired) electrons.